The molecule has 4 aromatic rings. The summed E-state index contributed by atoms with van der Waals surface area (Å²) in [5.41, 5.74) is 1.18. The van der Waals surface area contributed by atoms with Crippen LogP contribution in [0.25, 0.3) is 16.6 Å². The minimum Gasteiger partial charge on any atom is -0.476 e. The first-order valence-corrected chi connectivity index (χ1v) is 13.4. The van der Waals surface area contributed by atoms with E-state index in [4.69, 9.17) is 4.74 Å². The first-order valence-electron chi connectivity index (χ1n) is 10.9. The van der Waals surface area contributed by atoms with Crippen molar-refractivity contribution in [3.63, 3.8) is 0 Å². The molecule has 0 N–H and O–H groups in total. The minimum absolute atomic E-state index is 0.0573. The largest absolute Gasteiger partial charge is 0.476 e. The number of nitrogens with zero attached hydrogens (tertiary/aromatic N) is 3. The van der Waals surface area contributed by atoms with E-state index in [9.17, 15) is 18.0 Å². The minimum atomic E-state index is -3.66. The molecule has 0 radical (unpaired) electrons. The SMILES string of the molecule is Cc1ccc(S(=O)(=O)CC(=O)Cc2ccc(-n3ccc4cc(C5=NCCO5)ccc4c3=O)nc2)s1. The van der Waals surface area contributed by atoms with Gasteiger partial charge in [-0.25, -0.2) is 18.4 Å². The molecule has 1 aromatic carbocycles. The number of pyridine rings is 2. The van der Waals surface area contributed by atoms with Crippen molar-refractivity contribution in [3.8, 4) is 5.82 Å². The molecular weight excluding hydrogens is 486 g/mol. The van der Waals surface area contributed by atoms with Crippen molar-refractivity contribution >= 4 is 43.6 Å². The molecule has 0 saturated heterocycles. The monoisotopic (exact) mass is 507 g/mol. The van der Waals surface area contributed by atoms with Crippen LogP contribution < -0.4 is 5.56 Å². The maximum atomic E-state index is 13.1. The molecule has 5 rings (SSSR count). The molecule has 0 atom stereocenters. The number of sulfone groups is 1. The number of benzene rings is 1. The Morgan fingerprint density at radius 2 is 2.00 bits per heavy atom. The summed E-state index contributed by atoms with van der Waals surface area (Å²) in [6, 6.07) is 13.8. The number of ketones is 1. The van der Waals surface area contributed by atoms with E-state index >= 15 is 0 Å². The number of ether oxygens (including phenoxy) is 1. The predicted octanol–water partition coefficient (Wildman–Crippen LogP) is 3.12. The molecule has 0 bridgehead atoms. The van der Waals surface area contributed by atoms with Gasteiger partial charge < -0.3 is 4.74 Å². The van der Waals surface area contributed by atoms with Crippen LogP contribution in [0.2, 0.25) is 0 Å². The smallest absolute Gasteiger partial charge is 0.264 e. The summed E-state index contributed by atoms with van der Waals surface area (Å²) in [6.07, 6.45) is 3.08. The van der Waals surface area contributed by atoms with Crippen LogP contribution in [-0.4, -0.2) is 48.6 Å². The summed E-state index contributed by atoms with van der Waals surface area (Å²) in [4.78, 5) is 35.0. The highest BCUT2D eigenvalue weighted by atomic mass is 32.2. The Morgan fingerprint density at radius 1 is 1.14 bits per heavy atom. The summed E-state index contributed by atoms with van der Waals surface area (Å²) in [5, 5.41) is 1.30. The van der Waals surface area contributed by atoms with E-state index in [2.05, 4.69) is 9.98 Å². The van der Waals surface area contributed by atoms with Gasteiger partial charge in [0.15, 0.2) is 15.6 Å². The van der Waals surface area contributed by atoms with E-state index in [0.29, 0.717) is 35.8 Å². The second kappa shape index (κ2) is 9.20. The number of hydrogen-bond acceptors (Lipinski definition) is 8. The highest BCUT2D eigenvalue weighted by molar-refractivity contribution is 7.94. The number of aryl methyl sites for hydroxylation is 1. The molecule has 0 saturated carbocycles. The summed E-state index contributed by atoms with van der Waals surface area (Å²) in [6.45, 7) is 3.01. The second-order valence-electron chi connectivity index (χ2n) is 8.19. The van der Waals surface area contributed by atoms with Gasteiger partial charge in [-0.1, -0.05) is 6.07 Å². The predicted molar refractivity (Wildman–Crippen MR) is 135 cm³/mol. The summed E-state index contributed by atoms with van der Waals surface area (Å²) < 4.78 is 32.0. The lowest BCUT2D eigenvalue weighted by Crippen LogP contribution is -2.19. The zero-order chi connectivity index (χ0) is 24.6. The molecule has 3 aromatic heterocycles. The molecule has 0 fully saturated rings. The molecule has 8 nitrogen and oxygen atoms in total. The van der Waals surface area contributed by atoms with Crippen molar-refractivity contribution in [1.29, 1.82) is 0 Å². The van der Waals surface area contributed by atoms with Gasteiger partial charge in [-0.3, -0.25) is 14.2 Å². The van der Waals surface area contributed by atoms with Gasteiger partial charge in [0.25, 0.3) is 5.56 Å². The molecule has 1 aliphatic heterocycles. The molecule has 0 aliphatic carbocycles. The second-order valence-corrected chi connectivity index (χ2v) is 11.7. The van der Waals surface area contributed by atoms with E-state index in [0.717, 1.165) is 27.2 Å². The molecule has 178 valence electrons. The van der Waals surface area contributed by atoms with Gasteiger partial charge in [0.1, 0.15) is 22.4 Å². The standard InChI is InChI=1S/C25H21N3O5S2/c1-16-2-7-23(34-16)35(31,32)15-20(29)12-17-3-6-22(27-14-17)28-10-8-18-13-19(24-26-9-11-33-24)4-5-21(18)25(28)30/h2-8,10,13-14H,9,11-12,15H2,1H3. The van der Waals surface area contributed by atoms with Gasteiger partial charge >= 0.3 is 0 Å². The van der Waals surface area contributed by atoms with E-state index in [1.165, 1.54) is 16.8 Å². The summed E-state index contributed by atoms with van der Waals surface area (Å²) in [7, 11) is -3.66. The average molecular weight is 508 g/mol. The van der Waals surface area contributed by atoms with E-state index < -0.39 is 21.4 Å². The number of carbonyl (C=O) groups excluding carboxylic acids is 1. The number of fused-ring (bicyclic) bond motifs is 1. The molecule has 1 aliphatic rings. The third-order valence-electron chi connectivity index (χ3n) is 5.57. The first-order chi connectivity index (χ1) is 16.8. The lowest BCUT2D eigenvalue weighted by molar-refractivity contribution is -0.116. The van der Waals surface area contributed by atoms with Gasteiger partial charge in [0, 0.05) is 34.6 Å². The van der Waals surface area contributed by atoms with E-state index in [-0.39, 0.29) is 16.2 Å². The topological polar surface area (TPSA) is 108 Å². The molecule has 35 heavy (non-hydrogen) atoms. The fraction of sp³-hybridized carbons (Fsp3) is 0.200. The van der Waals surface area contributed by atoms with Crippen LogP contribution in [0.1, 0.15) is 16.0 Å². The molecule has 0 unspecified atom stereocenters. The third-order valence-corrected chi connectivity index (χ3v) is 8.83. The lowest BCUT2D eigenvalue weighted by atomic mass is 10.1. The Labute approximate surface area is 205 Å². The van der Waals surface area contributed by atoms with Crippen molar-refractivity contribution < 1.29 is 17.9 Å². The van der Waals surface area contributed by atoms with Crippen molar-refractivity contribution in [2.24, 2.45) is 4.99 Å². The Balaban J connectivity index is 1.33. The average Bonchev–Trinajstić information content (AvgIpc) is 3.52. The van der Waals surface area contributed by atoms with Gasteiger partial charge in [-0.2, -0.15) is 0 Å². The Morgan fingerprint density at radius 3 is 2.69 bits per heavy atom. The van der Waals surface area contributed by atoms with Crippen molar-refractivity contribution in [2.45, 2.75) is 17.6 Å². The highest BCUT2D eigenvalue weighted by Crippen LogP contribution is 2.22. The van der Waals surface area contributed by atoms with Crippen LogP contribution in [0.5, 0.6) is 0 Å². The number of thiophene rings is 1. The maximum absolute atomic E-state index is 13.1. The number of aromatic nitrogens is 2. The normalized spacial score (nSPS) is 13.6. The zero-order valence-corrected chi connectivity index (χ0v) is 20.4. The van der Waals surface area contributed by atoms with Gasteiger partial charge in [-0.05, 0) is 60.3 Å². The van der Waals surface area contributed by atoms with Gasteiger partial charge in [-0.15, -0.1) is 11.3 Å². The quantitative estimate of drug-likeness (QED) is 0.380. The number of rotatable bonds is 7. The van der Waals surface area contributed by atoms with Crippen molar-refractivity contribution in [2.75, 3.05) is 18.9 Å². The van der Waals surface area contributed by atoms with Crippen LogP contribution in [0.4, 0.5) is 0 Å². The van der Waals surface area contributed by atoms with Gasteiger partial charge in [0.05, 0.1) is 6.54 Å². The maximum Gasteiger partial charge on any atom is 0.264 e. The highest BCUT2D eigenvalue weighted by Gasteiger charge is 2.21. The van der Waals surface area contributed by atoms with E-state index in [1.807, 2.05) is 25.1 Å². The number of carbonyl (C=O) groups is 1. The van der Waals surface area contributed by atoms with Gasteiger partial charge in [0.2, 0.25) is 5.90 Å². The number of hydrogen-bond donors (Lipinski definition) is 0. The Kier molecular flexibility index (Phi) is 6.08. The first kappa shape index (κ1) is 23.1. The lowest BCUT2D eigenvalue weighted by Gasteiger charge is -2.09. The van der Waals surface area contributed by atoms with Crippen LogP contribution in [0.3, 0.4) is 0 Å². The van der Waals surface area contributed by atoms with Crippen LogP contribution in [-0.2, 0) is 25.8 Å². The molecule has 0 amide bonds. The molecule has 10 heteroatoms. The Hall–Kier alpha value is -3.63. The van der Waals surface area contributed by atoms with Crippen LogP contribution >= 0.6 is 11.3 Å². The molecule has 4 heterocycles. The molecule has 0 spiro atoms. The fourth-order valence-electron chi connectivity index (χ4n) is 3.88. The number of aliphatic imine (C=N–C) groups is 1. The van der Waals surface area contributed by atoms with Crippen molar-refractivity contribution in [1.82, 2.24) is 9.55 Å². The molecular formula is C25H21N3O5S2. The summed E-state index contributed by atoms with van der Waals surface area (Å²) in [5.74, 6) is 0.0156. The third kappa shape index (κ3) is 4.80. The van der Waals surface area contributed by atoms with Crippen LogP contribution in [0, 0.1) is 6.92 Å². The summed E-state index contributed by atoms with van der Waals surface area (Å²) >= 11 is 1.15. The number of Topliss-reactive ketones (excluding diaryl/α,β-unsaturated/α-hetero) is 1. The van der Waals surface area contributed by atoms with Crippen LogP contribution in [0.15, 0.2) is 74.9 Å². The fourth-order valence-corrected chi connectivity index (χ4v) is 6.49. The Bertz CT molecular complexity index is 1630. The zero-order valence-electron chi connectivity index (χ0n) is 18.8. The van der Waals surface area contributed by atoms with E-state index in [1.54, 1.807) is 30.5 Å². The van der Waals surface area contributed by atoms with Crippen molar-refractivity contribution in [3.05, 3.63) is 87.3 Å².